The maximum Gasteiger partial charge on any atom is 0.221 e. The lowest BCUT2D eigenvalue weighted by atomic mass is 10.1. The van der Waals surface area contributed by atoms with Crippen molar-refractivity contribution in [2.24, 2.45) is 0 Å². The standard InChI is InChI=1S/C19H19N3OS/c1-13(23)20-16-8-4-14(5-9-16)18-12-24-19(21-18)15-6-10-17(11-7-15)22(2)3/h4-12H,1-3H3,(H,20,23). The minimum absolute atomic E-state index is 0.0696. The van der Waals surface area contributed by atoms with Crippen LogP contribution in [0.5, 0.6) is 0 Å². The van der Waals surface area contributed by atoms with E-state index in [-0.39, 0.29) is 5.91 Å². The molecule has 0 saturated heterocycles. The molecule has 0 bridgehead atoms. The van der Waals surface area contributed by atoms with E-state index < -0.39 is 0 Å². The number of benzene rings is 2. The third kappa shape index (κ3) is 3.63. The van der Waals surface area contributed by atoms with Crippen molar-refractivity contribution in [2.45, 2.75) is 6.92 Å². The zero-order chi connectivity index (χ0) is 17.1. The highest BCUT2D eigenvalue weighted by molar-refractivity contribution is 7.13. The summed E-state index contributed by atoms with van der Waals surface area (Å²) in [5, 5.41) is 5.83. The van der Waals surface area contributed by atoms with Crippen LogP contribution in [0.4, 0.5) is 11.4 Å². The second-order valence-corrected chi connectivity index (χ2v) is 6.60. The smallest absolute Gasteiger partial charge is 0.221 e. The Balaban J connectivity index is 1.81. The van der Waals surface area contributed by atoms with Crippen LogP contribution in [0.15, 0.2) is 53.9 Å². The van der Waals surface area contributed by atoms with Gasteiger partial charge in [-0.1, -0.05) is 12.1 Å². The van der Waals surface area contributed by atoms with Crippen molar-refractivity contribution in [2.75, 3.05) is 24.3 Å². The summed E-state index contributed by atoms with van der Waals surface area (Å²) < 4.78 is 0. The molecule has 1 aromatic heterocycles. The van der Waals surface area contributed by atoms with E-state index in [4.69, 9.17) is 4.98 Å². The first kappa shape index (κ1) is 16.2. The Labute approximate surface area is 145 Å². The number of aromatic nitrogens is 1. The van der Waals surface area contributed by atoms with E-state index in [1.165, 1.54) is 12.6 Å². The maximum absolute atomic E-state index is 11.1. The van der Waals surface area contributed by atoms with Crippen LogP contribution >= 0.6 is 11.3 Å². The number of nitrogens with zero attached hydrogens (tertiary/aromatic N) is 2. The molecule has 4 nitrogen and oxygen atoms in total. The van der Waals surface area contributed by atoms with Gasteiger partial charge < -0.3 is 10.2 Å². The molecule has 1 amide bonds. The summed E-state index contributed by atoms with van der Waals surface area (Å²) in [6.45, 7) is 1.50. The first-order chi connectivity index (χ1) is 11.5. The van der Waals surface area contributed by atoms with Gasteiger partial charge in [-0.3, -0.25) is 4.79 Å². The predicted octanol–water partition coefficient (Wildman–Crippen LogP) is 4.50. The molecule has 1 N–H and O–H groups in total. The van der Waals surface area contributed by atoms with Crippen molar-refractivity contribution in [3.63, 3.8) is 0 Å². The number of nitrogens with one attached hydrogen (secondary N) is 1. The summed E-state index contributed by atoms with van der Waals surface area (Å²) in [4.78, 5) is 17.9. The van der Waals surface area contributed by atoms with Gasteiger partial charge in [0.1, 0.15) is 5.01 Å². The molecule has 0 spiro atoms. The van der Waals surface area contributed by atoms with E-state index in [0.717, 1.165) is 27.5 Å². The fourth-order valence-electron chi connectivity index (χ4n) is 2.37. The molecular weight excluding hydrogens is 318 g/mol. The van der Waals surface area contributed by atoms with Crippen LogP contribution in [-0.2, 0) is 4.79 Å². The monoisotopic (exact) mass is 337 g/mol. The molecule has 0 unspecified atom stereocenters. The molecule has 0 aliphatic rings. The van der Waals surface area contributed by atoms with E-state index in [1.54, 1.807) is 11.3 Å². The van der Waals surface area contributed by atoms with Crippen LogP contribution in [0.3, 0.4) is 0 Å². The average molecular weight is 337 g/mol. The Hall–Kier alpha value is -2.66. The van der Waals surface area contributed by atoms with Gasteiger partial charge in [0.2, 0.25) is 5.91 Å². The number of amides is 1. The number of thiazole rings is 1. The van der Waals surface area contributed by atoms with Crippen LogP contribution < -0.4 is 10.2 Å². The van der Waals surface area contributed by atoms with Gasteiger partial charge in [0.15, 0.2) is 0 Å². The third-order valence-corrected chi connectivity index (χ3v) is 4.53. The lowest BCUT2D eigenvalue weighted by Gasteiger charge is -2.11. The topological polar surface area (TPSA) is 45.2 Å². The second kappa shape index (κ2) is 6.84. The molecule has 3 rings (SSSR count). The Morgan fingerprint density at radius 3 is 2.21 bits per heavy atom. The van der Waals surface area contributed by atoms with Crippen molar-refractivity contribution >= 4 is 28.6 Å². The Kier molecular flexibility index (Phi) is 4.62. The minimum atomic E-state index is -0.0696. The van der Waals surface area contributed by atoms with Gasteiger partial charge in [-0.05, 0) is 36.4 Å². The zero-order valence-electron chi connectivity index (χ0n) is 13.9. The summed E-state index contributed by atoms with van der Waals surface area (Å²) >= 11 is 1.63. The minimum Gasteiger partial charge on any atom is -0.378 e. The van der Waals surface area contributed by atoms with Crippen LogP contribution in [0.2, 0.25) is 0 Å². The van der Waals surface area contributed by atoms with Crippen LogP contribution in [0.25, 0.3) is 21.8 Å². The molecule has 1 heterocycles. The highest BCUT2D eigenvalue weighted by atomic mass is 32.1. The molecule has 0 aliphatic carbocycles. The van der Waals surface area contributed by atoms with Crippen molar-refractivity contribution in [3.05, 3.63) is 53.9 Å². The quantitative estimate of drug-likeness (QED) is 0.762. The number of carbonyl (C=O) groups excluding carboxylic acids is 1. The molecule has 0 atom stereocenters. The molecule has 122 valence electrons. The zero-order valence-corrected chi connectivity index (χ0v) is 14.7. The molecule has 0 fully saturated rings. The second-order valence-electron chi connectivity index (χ2n) is 5.74. The summed E-state index contributed by atoms with van der Waals surface area (Å²) in [7, 11) is 4.06. The largest absolute Gasteiger partial charge is 0.378 e. The number of rotatable bonds is 4. The van der Waals surface area contributed by atoms with Gasteiger partial charge >= 0.3 is 0 Å². The van der Waals surface area contributed by atoms with E-state index in [2.05, 4.69) is 39.9 Å². The van der Waals surface area contributed by atoms with Crippen molar-refractivity contribution in [3.8, 4) is 21.8 Å². The van der Waals surface area contributed by atoms with Crippen LogP contribution in [0, 0.1) is 0 Å². The number of hydrogen-bond acceptors (Lipinski definition) is 4. The Morgan fingerprint density at radius 1 is 1.00 bits per heavy atom. The summed E-state index contributed by atoms with van der Waals surface area (Å²) in [5.41, 5.74) is 5.06. The van der Waals surface area contributed by atoms with Crippen molar-refractivity contribution < 1.29 is 4.79 Å². The van der Waals surface area contributed by atoms with Gasteiger partial charge in [-0.15, -0.1) is 11.3 Å². The molecule has 0 radical (unpaired) electrons. The Bertz CT molecular complexity index is 836. The Morgan fingerprint density at radius 2 is 1.62 bits per heavy atom. The molecular formula is C19H19N3OS. The number of carbonyl (C=O) groups is 1. The molecule has 0 saturated carbocycles. The summed E-state index contributed by atoms with van der Waals surface area (Å²) in [6, 6.07) is 16.1. The average Bonchev–Trinajstić information content (AvgIpc) is 3.05. The number of hydrogen-bond donors (Lipinski definition) is 1. The third-order valence-electron chi connectivity index (χ3n) is 3.64. The van der Waals surface area contributed by atoms with E-state index in [9.17, 15) is 4.79 Å². The first-order valence-corrected chi connectivity index (χ1v) is 8.52. The first-order valence-electron chi connectivity index (χ1n) is 7.64. The summed E-state index contributed by atoms with van der Waals surface area (Å²) in [5.74, 6) is -0.0696. The summed E-state index contributed by atoms with van der Waals surface area (Å²) in [6.07, 6.45) is 0. The highest BCUT2D eigenvalue weighted by Gasteiger charge is 2.07. The lowest BCUT2D eigenvalue weighted by Crippen LogP contribution is -2.07. The number of anilines is 2. The maximum atomic E-state index is 11.1. The lowest BCUT2D eigenvalue weighted by molar-refractivity contribution is -0.114. The molecule has 3 aromatic rings. The van der Waals surface area contributed by atoms with Gasteiger partial charge in [0, 0.05) is 48.9 Å². The SMILES string of the molecule is CC(=O)Nc1ccc(-c2csc(-c3ccc(N(C)C)cc3)n2)cc1. The molecule has 5 heteroatoms. The predicted molar refractivity (Wildman–Crippen MR) is 102 cm³/mol. The van der Waals surface area contributed by atoms with E-state index >= 15 is 0 Å². The molecule has 0 aliphatic heterocycles. The van der Waals surface area contributed by atoms with Crippen molar-refractivity contribution in [1.82, 2.24) is 4.98 Å². The van der Waals surface area contributed by atoms with E-state index in [1.807, 2.05) is 38.4 Å². The van der Waals surface area contributed by atoms with Gasteiger partial charge in [-0.25, -0.2) is 4.98 Å². The molecule has 2 aromatic carbocycles. The van der Waals surface area contributed by atoms with Gasteiger partial charge in [0.05, 0.1) is 5.69 Å². The van der Waals surface area contributed by atoms with Crippen molar-refractivity contribution in [1.29, 1.82) is 0 Å². The highest BCUT2D eigenvalue weighted by Crippen LogP contribution is 2.30. The normalized spacial score (nSPS) is 10.5. The molecule has 24 heavy (non-hydrogen) atoms. The van der Waals surface area contributed by atoms with Crippen LogP contribution in [-0.4, -0.2) is 25.0 Å². The fraction of sp³-hybridized carbons (Fsp3) is 0.158. The van der Waals surface area contributed by atoms with Crippen LogP contribution in [0.1, 0.15) is 6.92 Å². The fourth-order valence-corrected chi connectivity index (χ4v) is 3.20. The van der Waals surface area contributed by atoms with Gasteiger partial charge in [-0.2, -0.15) is 0 Å². The van der Waals surface area contributed by atoms with Gasteiger partial charge in [0.25, 0.3) is 0 Å². The van der Waals surface area contributed by atoms with E-state index in [0.29, 0.717) is 0 Å².